The van der Waals surface area contributed by atoms with Gasteiger partial charge in [-0.2, -0.15) is 4.31 Å². The maximum Gasteiger partial charge on any atom is 0.243 e. The second kappa shape index (κ2) is 6.12. The van der Waals surface area contributed by atoms with Gasteiger partial charge < -0.3 is 10.5 Å². The molecule has 0 unspecified atom stereocenters. The van der Waals surface area contributed by atoms with Crippen molar-refractivity contribution in [2.24, 2.45) is 0 Å². The van der Waals surface area contributed by atoms with E-state index in [1.807, 2.05) is 6.92 Å². The fourth-order valence-electron chi connectivity index (χ4n) is 1.37. The van der Waals surface area contributed by atoms with Crippen molar-refractivity contribution in [3.8, 4) is 0 Å². The summed E-state index contributed by atoms with van der Waals surface area (Å²) in [6, 6.07) is 3.25. The zero-order valence-corrected chi connectivity index (χ0v) is 11.2. The largest absolute Gasteiger partial charge is 0.399 e. The Morgan fingerprint density at radius 2 is 2.06 bits per heavy atom. The molecule has 0 fully saturated rings. The lowest BCUT2D eigenvalue weighted by molar-refractivity contribution is 0.138. The van der Waals surface area contributed by atoms with E-state index in [4.69, 9.17) is 10.5 Å². The Balaban J connectivity index is 2.91. The second-order valence-corrected chi connectivity index (χ2v) is 5.79. The highest BCUT2D eigenvalue weighted by Gasteiger charge is 2.21. The Kier molecular flexibility index (Phi) is 5.06. The maximum absolute atomic E-state index is 13.1. The van der Waals surface area contributed by atoms with E-state index < -0.39 is 15.8 Å². The fraction of sp³-hybridized carbons (Fsp3) is 0.455. The highest BCUT2D eigenvalue weighted by molar-refractivity contribution is 7.89. The second-order valence-electron chi connectivity index (χ2n) is 3.74. The molecule has 1 rings (SSSR count). The molecular formula is C11H17FN2O3S. The fourth-order valence-corrected chi connectivity index (χ4v) is 2.59. The molecule has 7 heteroatoms. The van der Waals surface area contributed by atoms with Gasteiger partial charge in [0.1, 0.15) is 5.82 Å². The molecule has 0 amide bonds. The summed E-state index contributed by atoms with van der Waals surface area (Å²) in [6.07, 6.45) is 0. The molecule has 0 aromatic heterocycles. The SMILES string of the molecule is CCOCCN(C)S(=O)(=O)c1cc(N)cc(F)c1. The summed E-state index contributed by atoms with van der Waals surface area (Å²) < 4.78 is 43.5. The van der Waals surface area contributed by atoms with Gasteiger partial charge in [0.15, 0.2) is 0 Å². The molecule has 1 aromatic rings. The topological polar surface area (TPSA) is 72.6 Å². The summed E-state index contributed by atoms with van der Waals surface area (Å²) >= 11 is 0. The lowest BCUT2D eigenvalue weighted by Gasteiger charge is -2.17. The Morgan fingerprint density at radius 3 is 2.61 bits per heavy atom. The van der Waals surface area contributed by atoms with E-state index in [0.717, 1.165) is 16.4 Å². The third kappa shape index (κ3) is 3.66. The summed E-state index contributed by atoms with van der Waals surface area (Å²) in [4.78, 5) is -0.154. The molecule has 5 nitrogen and oxygen atoms in total. The summed E-state index contributed by atoms with van der Waals surface area (Å²) in [5, 5.41) is 0. The van der Waals surface area contributed by atoms with Crippen LogP contribution in [0, 0.1) is 5.82 Å². The maximum atomic E-state index is 13.1. The summed E-state index contributed by atoms with van der Waals surface area (Å²) in [7, 11) is -2.32. The van der Waals surface area contributed by atoms with E-state index in [9.17, 15) is 12.8 Å². The first-order chi connectivity index (χ1) is 8.37. The molecule has 2 N–H and O–H groups in total. The molecule has 0 spiro atoms. The van der Waals surface area contributed by atoms with E-state index in [1.54, 1.807) is 0 Å². The van der Waals surface area contributed by atoms with Crippen LogP contribution in [0.1, 0.15) is 6.92 Å². The summed E-state index contributed by atoms with van der Waals surface area (Å²) in [5.74, 6) is -0.674. The van der Waals surface area contributed by atoms with E-state index in [0.29, 0.717) is 6.61 Å². The van der Waals surface area contributed by atoms with E-state index in [1.165, 1.54) is 13.1 Å². The van der Waals surface area contributed by atoms with Crippen LogP contribution in [0.4, 0.5) is 10.1 Å². The number of rotatable bonds is 6. The predicted octanol–water partition coefficient (Wildman–Crippen LogP) is 1.06. The standard InChI is InChI=1S/C11H17FN2O3S/c1-3-17-5-4-14(2)18(15,16)11-7-9(12)6-10(13)8-11/h6-8H,3-5,13H2,1-2H3. The average molecular weight is 276 g/mol. The quantitative estimate of drug-likeness (QED) is 0.623. The minimum absolute atomic E-state index is 0.0757. The van der Waals surface area contributed by atoms with Gasteiger partial charge in [-0.15, -0.1) is 0 Å². The van der Waals surface area contributed by atoms with Gasteiger partial charge in [0.05, 0.1) is 11.5 Å². The molecule has 102 valence electrons. The van der Waals surface area contributed by atoms with Gasteiger partial charge in [-0.3, -0.25) is 0 Å². The van der Waals surface area contributed by atoms with Crippen molar-refractivity contribution in [2.75, 3.05) is 32.5 Å². The van der Waals surface area contributed by atoms with Crippen LogP contribution in [-0.4, -0.2) is 39.5 Å². The van der Waals surface area contributed by atoms with Gasteiger partial charge in [0, 0.05) is 25.9 Å². The Hall–Kier alpha value is -1.18. The molecule has 0 bridgehead atoms. The first kappa shape index (κ1) is 14.9. The van der Waals surface area contributed by atoms with Crippen LogP contribution in [-0.2, 0) is 14.8 Å². The molecule has 0 aliphatic heterocycles. The lowest BCUT2D eigenvalue weighted by Crippen LogP contribution is -2.30. The van der Waals surface area contributed by atoms with Crippen molar-refractivity contribution in [2.45, 2.75) is 11.8 Å². The first-order valence-electron chi connectivity index (χ1n) is 5.48. The van der Waals surface area contributed by atoms with Crippen LogP contribution in [0.3, 0.4) is 0 Å². The van der Waals surface area contributed by atoms with Gasteiger partial charge in [0.25, 0.3) is 0 Å². The van der Waals surface area contributed by atoms with Gasteiger partial charge in [0.2, 0.25) is 10.0 Å². The predicted molar refractivity (Wildman–Crippen MR) is 67.1 cm³/mol. The van der Waals surface area contributed by atoms with Crippen molar-refractivity contribution in [3.05, 3.63) is 24.0 Å². The van der Waals surface area contributed by atoms with E-state index in [-0.39, 0.29) is 23.7 Å². The minimum atomic E-state index is -3.73. The normalized spacial score (nSPS) is 12.0. The molecule has 0 radical (unpaired) electrons. The van der Waals surface area contributed by atoms with Crippen LogP contribution >= 0.6 is 0 Å². The number of hydrogen-bond donors (Lipinski definition) is 1. The number of anilines is 1. The zero-order valence-electron chi connectivity index (χ0n) is 10.4. The van der Waals surface area contributed by atoms with Crippen molar-refractivity contribution in [3.63, 3.8) is 0 Å². The first-order valence-corrected chi connectivity index (χ1v) is 6.92. The van der Waals surface area contributed by atoms with Crippen LogP contribution in [0.5, 0.6) is 0 Å². The number of sulfonamides is 1. The monoisotopic (exact) mass is 276 g/mol. The van der Waals surface area contributed by atoms with Gasteiger partial charge in [-0.05, 0) is 25.1 Å². The number of nitrogens with zero attached hydrogens (tertiary/aromatic N) is 1. The number of nitrogens with two attached hydrogens (primary N) is 1. The van der Waals surface area contributed by atoms with E-state index in [2.05, 4.69) is 0 Å². The molecule has 0 saturated carbocycles. The molecule has 1 aromatic carbocycles. The van der Waals surface area contributed by atoms with Crippen molar-refractivity contribution in [1.82, 2.24) is 4.31 Å². The molecule has 0 saturated heterocycles. The van der Waals surface area contributed by atoms with Gasteiger partial charge in [-0.1, -0.05) is 0 Å². The Labute approximate surface area is 106 Å². The minimum Gasteiger partial charge on any atom is -0.399 e. The van der Waals surface area contributed by atoms with Crippen molar-refractivity contribution in [1.29, 1.82) is 0 Å². The van der Waals surface area contributed by atoms with E-state index >= 15 is 0 Å². The number of benzene rings is 1. The number of hydrogen-bond acceptors (Lipinski definition) is 4. The van der Waals surface area contributed by atoms with Crippen LogP contribution in [0.2, 0.25) is 0 Å². The summed E-state index contributed by atoms with van der Waals surface area (Å²) in [6.45, 7) is 2.83. The van der Waals surface area contributed by atoms with Gasteiger partial charge >= 0.3 is 0 Å². The average Bonchev–Trinajstić information content (AvgIpc) is 2.27. The third-order valence-corrected chi connectivity index (χ3v) is 4.19. The Bertz CT molecular complexity index is 485. The third-order valence-electron chi connectivity index (χ3n) is 2.36. The van der Waals surface area contributed by atoms with Crippen molar-refractivity contribution >= 4 is 15.7 Å². The number of nitrogen functional groups attached to an aromatic ring is 1. The molecule has 0 atom stereocenters. The molecule has 0 heterocycles. The van der Waals surface area contributed by atoms with Crippen LogP contribution < -0.4 is 5.73 Å². The highest BCUT2D eigenvalue weighted by Crippen LogP contribution is 2.18. The van der Waals surface area contributed by atoms with Crippen LogP contribution in [0.25, 0.3) is 0 Å². The van der Waals surface area contributed by atoms with Crippen LogP contribution in [0.15, 0.2) is 23.1 Å². The number of halogens is 1. The highest BCUT2D eigenvalue weighted by atomic mass is 32.2. The lowest BCUT2D eigenvalue weighted by atomic mass is 10.3. The molecule has 18 heavy (non-hydrogen) atoms. The Morgan fingerprint density at radius 1 is 1.39 bits per heavy atom. The van der Waals surface area contributed by atoms with Gasteiger partial charge in [-0.25, -0.2) is 12.8 Å². The smallest absolute Gasteiger partial charge is 0.243 e. The number of ether oxygens (including phenoxy) is 1. The molecule has 0 aliphatic rings. The zero-order chi connectivity index (χ0) is 13.8. The number of likely N-dealkylation sites (N-methyl/N-ethyl adjacent to an activating group) is 1. The molecular weight excluding hydrogens is 259 g/mol. The molecule has 0 aliphatic carbocycles. The van der Waals surface area contributed by atoms with Crippen molar-refractivity contribution < 1.29 is 17.5 Å². The summed E-state index contributed by atoms with van der Waals surface area (Å²) in [5.41, 5.74) is 5.51.